The molecule has 0 rings (SSSR count). The number of nitrogens with zero attached hydrogens (tertiary/aromatic N) is 1. The number of allylic oxidation sites excluding steroid dienone is 1. The number of hydroxylamine groups is 2. The van der Waals surface area contributed by atoms with Crippen LogP contribution in [0, 0.1) is 0 Å². The van der Waals surface area contributed by atoms with E-state index in [1.54, 1.807) is 11.3 Å². The lowest BCUT2D eigenvalue weighted by atomic mass is 10.5. The number of rotatable bonds is 4. The first kappa shape index (κ1) is 8.50. The first-order chi connectivity index (χ1) is 4.31. The van der Waals surface area contributed by atoms with Crippen LogP contribution < -0.4 is 0 Å². The summed E-state index contributed by atoms with van der Waals surface area (Å²) in [5.74, 6) is 0. The summed E-state index contributed by atoms with van der Waals surface area (Å²) < 4.78 is 0. The molecule has 2 nitrogen and oxygen atoms in total. The van der Waals surface area contributed by atoms with Crippen LogP contribution in [0.1, 0.15) is 20.3 Å². The van der Waals surface area contributed by atoms with Crippen molar-refractivity contribution in [2.75, 3.05) is 13.6 Å². The van der Waals surface area contributed by atoms with Crippen LogP contribution in [0.5, 0.6) is 0 Å². The second kappa shape index (κ2) is 5.63. The minimum atomic E-state index is 0.911. The molecule has 0 unspecified atom stereocenters. The standard InChI is InChI=1S/C7H15NO/c1-4-6-7-9-8(3)5-2/h6-7H,4-5H2,1-3H3/b7-6-. The van der Waals surface area contributed by atoms with Gasteiger partial charge in [0.1, 0.15) is 6.26 Å². The highest BCUT2D eigenvalue weighted by atomic mass is 16.7. The predicted molar refractivity (Wildman–Crippen MR) is 38.8 cm³/mol. The van der Waals surface area contributed by atoms with Crippen molar-refractivity contribution < 1.29 is 4.84 Å². The lowest BCUT2D eigenvalue weighted by Gasteiger charge is -2.10. The lowest BCUT2D eigenvalue weighted by molar-refractivity contribution is -0.0746. The fraction of sp³-hybridized carbons (Fsp3) is 0.714. The first-order valence-electron chi connectivity index (χ1n) is 3.34. The topological polar surface area (TPSA) is 12.5 Å². The van der Waals surface area contributed by atoms with Gasteiger partial charge in [0.25, 0.3) is 0 Å². The summed E-state index contributed by atoms with van der Waals surface area (Å²) in [4.78, 5) is 5.08. The molecule has 0 aliphatic carbocycles. The van der Waals surface area contributed by atoms with Crippen LogP contribution >= 0.6 is 0 Å². The largest absolute Gasteiger partial charge is 0.414 e. The van der Waals surface area contributed by atoms with E-state index in [0.29, 0.717) is 0 Å². The molecule has 9 heavy (non-hydrogen) atoms. The second-order valence-electron chi connectivity index (χ2n) is 1.83. The van der Waals surface area contributed by atoms with Crippen molar-refractivity contribution in [3.8, 4) is 0 Å². The summed E-state index contributed by atoms with van der Waals surface area (Å²) >= 11 is 0. The van der Waals surface area contributed by atoms with E-state index in [-0.39, 0.29) is 0 Å². The Kier molecular flexibility index (Phi) is 5.32. The first-order valence-corrected chi connectivity index (χ1v) is 3.34. The third kappa shape index (κ3) is 5.37. The molecule has 0 aromatic carbocycles. The summed E-state index contributed by atoms with van der Waals surface area (Å²) in [5, 5.41) is 1.77. The molecule has 0 atom stereocenters. The highest BCUT2D eigenvalue weighted by molar-refractivity contribution is 4.69. The van der Waals surface area contributed by atoms with Gasteiger partial charge in [0.05, 0.1) is 0 Å². The quantitative estimate of drug-likeness (QED) is 0.424. The summed E-state index contributed by atoms with van der Waals surface area (Å²) in [5.41, 5.74) is 0. The zero-order valence-corrected chi connectivity index (χ0v) is 6.42. The average Bonchev–Trinajstić information content (AvgIpc) is 1.89. The molecule has 0 aliphatic rings. The van der Waals surface area contributed by atoms with Crippen LogP contribution in [0.25, 0.3) is 0 Å². The minimum Gasteiger partial charge on any atom is -0.414 e. The molecular weight excluding hydrogens is 114 g/mol. The Balaban J connectivity index is 3.15. The van der Waals surface area contributed by atoms with Gasteiger partial charge in [-0.05, 0) is 19.4 Å². The van der Waals surface area contributed by atoms with Crippen LogP contribution in [0.3, 0.4) is 0 Å². The maximum atomic E-state index is 5.08. The fourth-order valence-electron chi connectivity index (χ4n) is 0.318. The predicted octanol–water partition coefficient (Wildman–Crippen LogP) is 1.79. The van der Waals surface area contributed by atoms with Crippen molar-refractivity contribution in [2.45, 2.75) is 20.3 Å². The van der Waals surface area contributed by atoms with E-state index in [1.807, 2.05) is 20.0 Å². The van der Waals surface area contributed by atoms with E-state index in [1.165, 1.54) is 0 Å². The van der Waals surface area contributed by atoms with Gasteiger partial charge in [0.2, 0.25) is 0 Å². The Morgan fingerprint density at radius 2 is 2.11 bits per heavy atom. The van der Waals surface area contributed by atoms with Crippen molar-refractivity contribution in [2.24, 2.45) is 0 Å². The Labute approximate surface area is 57.1 Å². The van der Waals surface area contributed by atoms with Crippen LogP contribution in [-0.4, -0.2) is 18.7 Å². The Morgan fingerprint density at radius 3 is 2.56 bits per heavy atom. The van der Waals surface area contributed by atoms with E-state index >= 15 is 0 Å². The van der Waals surface area contributed by atoms with Crippen LogP contribution in [0.4, 0.5) is 0 Å². The Morgan fingerprint density at radius 1 is 1.44 bits per heavy atom. The highest BCUT2D eigenvalue weighted by Crippen LogP contribution is 1.86. The molecule has 0 amide bonds. The third-order valence-electron chi connectivity index (χ3n) is 1.02. The molecule has 0 spiro atoms. The average molecular weight is 129 g/mol. The number of hydrogen-bond acceptors (Lipinski definition) is 2. The SMILES string of the molecule is CC/C=C\ON(C)CC. The lowest BCUT2D eigenvalue weighted by Crippen LogP contribution is -2.14. The molecule has 0 aliphatic heterocycles. The smallest absolute Gasteiger partial charge is 0.107 e. The third-order valence-corrected chi connectivity index (χ3v) is 1.02. The van der Waals surface area contributed by atoms with Gasteiger partial charge >= 0.3 is 0 Å². The van der Waals surface area contributed by atoms with Gasteiger partial charge < -0.3 is 4.84 Å². The molecule has 0 aromatic rings. The van der Waals surface area contributed by atoms with E-state index < -0.39 is 0 Å². The molecule has 0 N–H and O–H groups in total. The fourth-order valence-corrected chi connectivity index (χ4v) is 0.318. The van der Waals surface area contributed by atoms with Crippen LogP contribution in [0.15, 0.2) is 12.3 Å². The van der Waals surface area contributed by atoms with Gasteiger partial charge in [0, 0.05) is 13.6 Å². The monoisotopic (exact) mass is 129 g/mol. The summed E-state index contributed by atoms with van der Waals surface area (Å²) in [6.07, 6.45) is 4.72. The zero-order valence-electron chi connectivity index (χ0n) is 6.42. The number of hydrogen-bond donors (Lipinski definition) is 0. The van der Waals surface area contributed by atoms with Crippen molar-refractivity contribution in [3.05, 3.63) is 12.3 Å². The molecule has 54 valence electrons. The van der Waals surface area contributed by atoms with Gasteiger partial charge in [-0.2, -0.15) is 0 Å². The summed E-state index contributed by atoms with van der Waals surface area (Å²) in [6, 6.07) is 0. The Hall–Kier alpha value is -0.500. The zero-order chi connectivity index (χ0) is 7.11. The summed E-state index contributed by atoms with van der Waals surface area (Å²) in [7, 11) is 1.90. The molecule has 0 saturated carbocycles. The van der Waals surface area contributed by atoms with Crippen molar-refractivity contribution in [1.29, 1.82) is 0 Å². The molecule has 0 saturated heterocycles. The molecule has 0 fully saturated rings. The highest BCUT2D eigenvalue weighted by Gasteiger charge is 1.85. The van der Waals surface area contributed by atoms with Crippen LogP contribution in [-0.2, 0) is 4.84 Å². The van der Waals surface area contributed by atoms with Gasteiger partial charge in [0.15, 0.2) is 0 Å². The molecule has 0 bridgehead atoms. The van der Waals surface area contributed by atoms with Gasteiger partial charge in [-0.3, -0.25) is 0 Å². The van der Waals surface area contributed by atoms with Gasteiger partial charge in [-0.15, -0.1) is 5.06 Å². The van der Waals surface area contributed by atoms with Crippen molar-refractivity contribution in [3.63, 3.8) is 0 Å². The second-order valence-corrected chi connectivity index (χ2v) is 1.83. The molecular formula is C7H15NO. The van der Waals surface area contributed by atoms with E-state index in [4.69, 9.17) is 4.84 Å². The molecule has 2 heteroatoms. The van der Waals surface area contributed by atoms with Gasteiger partial charge in [-0.25, -0.2) is 0 Å². The van der Waals surface area contributed by atoms with Crippen molar-refractivity contribution in [1.82, 2.24) is 5.06 Å². The minimum absolute atomic E-state index is 0.911. The maximum absolute atomic E-state index is 5.08. The van der Waals surface area contributed by atoms with Crippen molar-refractivity contribution >= 4 is 0 Å². The molecule has 0 radical (unpaired) electrons. The normalized spacial score (nSPS) is 11.1. The Bertz CT molecular complexity index is 81.0. The van der Waals surface area contributed by atoms with E-state index in [9.17, 15) is 0 Å². The molecule has 0 heterocycles. The van der Waals surface area contributed by atoms with E-state index in [2.05, 4.69) is 6.92 Å². The summed E-state index contributed by atoms with van der Waals surface area (Å²) in [6.45, 7) is 5.03. The van der Waals surface area contributed by atoms with Gasteiger partial charge in [-0.1, -0.05) is 6.92 Å². The molecule has 0 aromatic heterocycles. The van der Waals surface area contributed by atoms with Crippen LogP contribution in [0.2, 0.25) is 0 Å². The maximum Gasteiger partial charge on any atom is 0.107 e. The van der Waals surface area contributed by atoms with E-state index in [0.717, 1.165) is 13.0 Å².